The Kier molecular flexibility index (Phi) is 7.30. The lowest BCUT2D eigenvalue weighted by Crippen LogP contribution is -2.38. The van der Waals surface area contributed by atoms with Crippen LogP contribution in [0, 0.1) is 12.7 Å². The van der Waals surface area contributed by atoms with Gasteiger partial charge in [-0.2, -0.15) is 5.21 Å². The highest BCUT2D eigenvalue weighted by atomic mass is 19.1. The summed E-state index contributed by atoms with van der Waals surface area (Å²) in [5.41, 5.74) is 4.14. The quantitative estimate of drug-likeness (QED) is 0.249. The van der Waals surface area contributed by atoms with Crippen molar-refractivity contribution in [3.63, 3.8) is 0 Å². The minimum absolute atomic E-state index is 0.0448. The minimum Gasteiger partial charge on any atom is -0.319 e. The largest absolute Gasteiger partial charge is 0.319 e. The number of nitrogens with zero attached hydrogens (tertiary/aromatic N) is 7. The van der Waals surface area contributed by atoms with E-state index in [2.05, 4.69) is 41.2 Å². The van der Waals surface area contributed by atoms with Crippen molar-refractivity contribution in [3.8, 4) is 28.5 Å². The van der Waals surface area contributed by atoms with E-state index in [1.807, 2.05) is 48.0 Å². The molecule has 0 saturated heterocycles. The number of likely N-dealkylation sites (N-methyl/N-ethyl adjacent to an activating group) is 1. The fourth-order valence-electron chi connectivity index (χ4n) is 4.86. The molecule has 0 bridgehead atoms. The third-order valence-electron chi connectivity index (χ3n) is 7.22. The first kappa shape index (κ1) is 27.6. The Morgan fingerprint density at radius 3 is 2.72 bits per heavy atom. The number of fused-ring (bicyclic) bond motifs is 1. The van der Waals surface area contributed by atoms with Gasteiger partial charge in [-0.15, -0.1) is 10.2 Å². The Hall–Kier alpha value is -5.56. The van der Waals surface area contributed by atoms with Gasteiger partial charge in [0.1, 0.15) is 17.3 Å². The fourth-order valence-corrected chi connectivity index (χ4v) is 4.86. The zero-order chi connectivity index (χ0) is 30.1. The number of carbonyl (C=O) groups is 1. The van der Waals surface area contributed by atoms with E-state index in [0.29, 0.717) is 28.3 Å². The molecule has 6 aromatic rings. The van der Waals surface area contributed by atoms with Crippen molar-refractivity contribution in [2.45, 2.75) is 26.4 Å². The molecule has 4 heterocycles. The van der Waals surface area contributed by atoms with Crippen LogP contribution in [-0.2, 0) is 11.3 Å². The molecule has 0 aliphatic rings. The van der Waals surface area contributed by atoms with E-state index in [1.54, 1.807) is 32.4 Å². The standard InChI is InChI=1S/C30H27FN10O2/c1-17-15-40(26-8-7-22(31)11-24(17)26)23-9-19(12-33-13-23)16-41-28(21-6-4-5-20(10-21)27-36-38-39-37-27)34-14-25(30(41)43)35-29(42)18(2)32-3/h4-15,18,32H,16H2,1-3H3,(H,35,42)(H,36,37,38,39). The molecular formula is C30H27FN10O2. The van der Waals surface area contributed by atoms with Crippen LogP contribution in [0.1, 0.15) is 18.1 Å². The molecule has 3 N–H and O–H groups in total. The van der Waals surface area contributed by atoms with Gasteiger partial charge in [0, 0.05) is 28.9 Å². The Balaban J connectivity index is 1.44. The number of aryl methyl sites for hydroxylation is 1. The van der Waals surface area contributed by atoms with E-state index in [4.69, 9.17) is 0 Å². The van der Waals surface area contributed by atoms with Crippen LogP contribution in [0.4, 0.5) is 10.1 Å². The van der Waals surface area contributed by atoms with E-state index in [0.717, 1.165) is 22.2 Å². The highest BCUT2D eigenvalue weighted by Gasteiger charge is 2.18. The van der Waals surface area contributed by atoms with E-state index in [-0.39, 0.29) is 24.0 Å². The maximum atomic E-state index is 13.9. The molecule has 1 amide bonds. The number of halogens is 1. The highest BCUT2D eigenvalue weighted by Crippen LogP contribution is 2.27. The van der Waals surface area contributed by atoms with Gasteiger partial charge in [0.2, 0.25) is 11.7 Å². The number of amides is 1. The number of aromatic nitrogens is 8. The maximum Gasteiger partial charge on any atom is 0.277 e. The van der Waals surface area contributed by atoms with Crippen molar-refractivity contribution in [1.29, 1.82) is 0 Å². The summed E-state index contributed by atoms with van der Waals surface area (Å²) in [7, 11) is 1.66. The van der Waals surface area contributed by atoms with Gasteiger partial charge in [-0.3, -0.25) is 19.1 Å². The molecule has 12 nitrogen and oxygen atoms in total. The van der Waals surface area contributed by atoms with Gasteiger partial charge < -0.3 is 15.2 Å². The Morgan fingerprint density at radius 2 is 1.93 bits per heavy atom. The third-order valence-corrected chi connectivity index (χ3v) is 7.22. The number of aromatic amines is 1. The average Bonchev–Trinajstić information content (AvgIpc) is 3.67. The van der Waals surface area contributed by atoms with Crippen LogP contribution >= 0.6 is 0 Å². The lowest BCUT2D eigenvalue weighted by Gasteiger charge is -2.16. The number of H-pyrrole nitrogens is 1. The van der Waals surface area contributed by atoms with Crippen LogP contribution in [0.5, 0.6) is 0 Å². The predicted octanol–water partition coefficient (Wildman–Crippen LogP) is 3.47. The second-order valence-electron chi connectivity index (χ2n) is 10.1. The number of benzene rings is 2. The highest BCUT2D eigenvalue weighted by molar-refractivity contribution is 5.94. The van der Waals surface area contributed by atoms with Gasteiger partial charge in [0.05, 0.1) is 36.2 Å². The number of anilines is 1. The Labute approximate surface area is 244 Å². The molecule has 4 aromatic heterocycles. The second-order valence-corrected chi connectivity index (χ2v) is 10.1. The van der Waals surface area contributed by atoms with Crippen molar-refractivity contribution in [2.75, 3.05) is 12.4 Å². The van der Waals surface area contributed by atoms with Crippen molar-refractivity contribution >= 4 is 22.5 Å². The first-order chi connectivity index (χ1) is 20.8. The average molecular weight is 579 g/mol. The van der Waals surface area contributed by atoms with Crippen LogP contribution in [0.25, 0.3) is 39.4 Å². The summed E-state index contributed by atoms with van der Waals surface area (Å²) >= 11 is 0. The summed E-state index contributed by atoms with van der Waals surface area (Å²) in [5.74, 6) is 0.0960. The molecule has 0 aliphatic carbocycles. The summed E-state index contributed by atoms with van der Waals surface area (Å²) in [6, 6.07) is 13.3. The zero-order valence-corrected chi connectivity index (χ0v) is 23.5. The van der Waals surface area contributed by atoms with E-state index in [9.17, 15) is 14.0 Å². The topological polar surface area (TPSA) is 148 Å². The second kappa shape index (κ2) is 11.4. The number of pyridine rings is 1. The zero-order valence-electron chi connectivity index (χ0n) is 23.5. The summed E-state index contributed by atoms with van der Waals surface area (Å²) in [4.78, 5) is 35.5. The number of carbonyl (C=O) groups excluding carboxylic acids is 1. The molecule has 1 atom stereocenters. The Bertz CT molecular complexity index is 2020. The van der Waals surface area contributed by atoms with E-state index >= 15 is 0 Å². The van der Waals surface area contributed by atoms with Gasteiger partial charge in [-0.25, -0.2) is 9.37 Å². The summed E-state index contributed by atoms with van der Waals surface area (Å²) < 4.78 is 17.4. The lowest BCUT2D eigenvalue weighted by molar-refractivity contribution is -0.117. The molecule has 0 saturated carbocycles. The summed E-state index contributed by atoms with van der Waals surface area (Å²) in [6.45, 7) is 3.72. The molecule has 0 radical (unpaired) electrons. The number of rotatable bonds is 8. The number of hydrogen-bond acceptors (Lipinski definition) is 8. The normalized spacial score (nSPS) is 12.0. The first-order valence-electron chi connectivity index (χ1n) is 13.5. The van der Waals surface area contributed by atoms with E-state index in [1.165, 1.54) is 22.9 Å². The van der Waals surface area contributed by atoms with Gasteiger partial charge in [0.25, 0.3) is 5.56 Å². The summed E-state index contributed by atoms with van der Waals surface area (Å²) in [5, 5.41) is 20.5. The van der Waals surface area contributed by atoms with Crippen molar-refractivity contribution in [3.05, 3.63) is 101 Å². The van der Waals surface area contributed by atoms with Gasteiger partial charge >= 0.3 is 0 Å². The van der Waals surface area contributed by atoms with Crippen molar-refractivity contribution < 1.29 is 9.18 Å². The fraction of sp³-hybridized carbons (Fsp3) is 0.167. The third kappa shape index (κ3) is 5.40. The van der Waals surface area contributed by atoms with Crippen molar-refractivity contribution in [1.82, 2.24) is 45.0 Å². The molecule has 1 unspecified atom stereocenters. The molecule has 0 aliphatic heterocycles. The minimum atomic E-state index is -0.520. The molecule has 216 valence electrons. The van der Waals surface area contributed by atoms with Gasteiger partial charge in [0.15, 0.2) is 0 Å². The number of nitrogens with one attached hydrogen (secondary N) is 3. The Morgan fingerprint density at radius 1 is 1.09 bits per heavy atom. The van der Waals surface area contributed by atoms with Gasteiger partial charge in [-0.1, -0.05) is 18.2 Å². The van der Waals surface area contributed by atoms with Crippen LogP contribution in [0.2, 0.25) is 0 Å². The number of hydrogen-bond donors (Lipinski definition) is 3. The first-order valence-corrected chi connectivity index (χ1v) is 13.5. The predicted molar refractivity (Wildman–Crippen MR) is 159 cm³/mol. The monoisotopic (exact) mass is 578 g/mol. The molecule has 6 rings (SSSR count). The van der Waals surface area contributed by atoms with Crippen molar-refractivity contribution in [2.24, 2.45) is 0 Å². The SMILES string of the molecule is CNC(C)C(=O)Nc1cnc(-c2cccc(-c3nn[nH]n3)c2)n(Cc2cncc(-n3cc(C)c4cc(F)ccc43)c2)c1=O. The van der Waals surface area contributed by atoms with Crippen LogP contribution in [0.3, 0.4) is 0 Å². The molecular weight excluding hydrogens is 551 g/mol. The van der Waals surface area contributed by atoms with Crippen LogP contribution in [-0.4, -0.2) is 58.7 Å². The molecule has 0 spiro atoms. The lowest BCUT2D eigenvalue weighted by atomic mass is 10.1. The smallest absolute Gasteiger partial charge is 0.277 e. The van der Waals surface area contributed by atoms with Gasteiger partial charge in [-0.05, 0) is 67.6 Å². The molecule has 0 fully saturated rings. The maximum absolute atomic E-state index is 13.9. The molecule has 2 aromatic carbocycles. The number of tetrazole rings is 1. The van der Waals surface area contributed by atoms with Crippen LogP contribution in [0.15, 0.2) is 78.1 Å². The molecule has 13 heteroatoms. The summed E-state index contributed by atoms with van der Waals surface area (Å²) in [6.07, 6.45) is 6.66. The van der Waals surface area contributed by atoms with Crippen LogP contribution < -0.4 is 16.2 Å². The van der Waals surface area contributed by atoms with E-state index < -0.39 is 11.6 Å². The molecule has 43 heavy (non-hydrogen) atoms.